The molecule has 110 valence electrons. The molecule has 2 rings (SSSR count). The van der Waals surface area contributed by atoms with Gasteiger partial charge >= 0.3 is 0 Å². The van der Waals surface area contributed by atoms with Gasteiger partial charge in [-0.25, -0.2) is 0 Å². The number of rotatable bonds is 6. The van der Waals surface area contributed by atoms with E-state index < -0.39 is 0 Å². The predicted octanol–water partition coefficient (Wildman–Crippen LogP) is 1.97. The van der Waals surface area contributed by atoms with E-state index >= 15 is 0 Å². The Morgan fingerprint density at radius 1 is 1.19 bits per heavy atom. The van der Waals surface area contributed by atoms with Crippen molar-refractivity contribution in [2.45, 2.75) is 13.5 Å². The van der Waals surface area contributed by atoms with Crippen molar-refractivity contribution in [2.24, 2.45) is 5.73 Å². The van der Waals surface area contributed by atoms with Crippen LogP contribution in [-0.4, -0.2) is 24.0 Å². The third-order valence-corrected chi connectivity index (χ3v) is 3.11. The van der Waals surface area contributed by atoms with Gasteiger partial charge in [0, 0.05) is 31.2 Å². The summed E-state index contributed by atoms with van der Waals surface area (Å²) in [6, 6.07) is 11.0. The first-order chi connectivity index (χ1) is 10.2. The lowest BCUT2D eigenvalue weighted by Crippen LogP contribution is -2.34. The fraction of sp³-hybridized carbons (Fsp3) is 0.250. The molecule has 0 bridgehead atoms. The Kier molecular flexibility index (Phi) is 5.29. The molecule has 0 aliphatic rings. The van der Waals surface area contributed by atoms with Crippen LogP contribution in [0.1, 0.15) is 12.5 Å². The van der Waals surface area contributed by atoms with Crippen LogP contribution in [0.4, 0.5) is 5.69 Å². The van der Waals surface area contributed by atoms with Crippen LogP contribution in [0.2, 0.25) is 0 Å². The van der Waals surface area contributed by atoms with Crippen molar-refractivity contribution >= 4 is 11.6 Å². The maximum atomic E-state index is 12.2. The zero-order valence-electron chi connectivity index (χ0n) is 12.0. The van der Waals surface area contributed by atoms with Crippen molar-refractivity contribution in [3.63, 3.8) is 0 Å². The highest BCUT2D eigenvalue weighted by Crippen LogP contribution is 2.14. The smallest absolute Gasteiger partial charge is 0.264 e. The van der Waals surface area contributed by atoms with Gasteiger partial charge in [0.15, 0.2) is 6.61 Å². The Balaban J connectivity index is 1.96. The second kappa shape index (κ2) is 7.40. The maximum absolute atomic E-state index is 12.2. The van der Waals surface area contributed by atoms with E-state index in [1.165, 1.54) is 0 Å². The first-order valence-electron chi connectivity index (χ1n) is 6.86. The van der Waals surface area contributed by atoms with Gasteiger partial charge in [0.1, 0.15) is 5.75 Å². The van der Waals surface area contributed by atoms with E-state index in [9.17, 15) is 4.79 Å². The van der Waals surface area contributed by atoms with Crippen LogP contribution in [0.5, 0.6) is 5.75 Å². The number of benzene rings is 1. The lowest BCUT2D eigenvalue weighted by atomic mass is 10.2. The lowest BCUT2D eigenvalue weighted by Gasteiger charge is -2.20. The highest BCUT2D eigenvalue weighted by molar-refractivity contribution is 5.94. The molecule has 0 fully saturated rings. The number of nitrogens with two attached hydrogens (primary N) is 1. The van der Waals surface area contributed by atoms with Crippen molar-refractivity contribution in [3.8, 4) is 5.75 Å². The summed E-state index contributed by atoms with van der Waals surface area (Å²) in [6.07, 6.45) is 3.33. The van der Waals surface area contributed by atoms with E-state index in [4.69, 9.17) is 10.5 Å². The molecule has 21 heavy (non-hydrogen) atoms. The van der Waals surface area contributed by atoms with Crippen LogP contribution in [0.25, 0.3) is 0 Å². The number of anilines is 1. The van der Waals surface area contributed by atoms with Gasteiger partial charge in [-0.3, -0.25) is 9.78 Å². The van der Waals surface area contributed by atoms with E-state index in [1.807, 2.05) is 31.2 Å². The highest BCUT2D eigenvalue weighted by atomic mass is 16.5. The average molecular weight is 285 g/mol. The molecule has 5 nitrogen and oxygen atoms in total. The van der Waals surface area contributed by atoms with E-state index in [1.54, 1.807) is 29.4 Å². The van der Waals surface area contributed by atoms with Crippen LogP contribution in [0.3, 0.4) is 0 Å². The average Bonchev–Trinajstić information content (AvgIpc) is 2.55. The fourth-order valence-electron chi connectivity index (χ4n) is 1.97. The van der Waals surface area contributed by atoms with Gasteiger partial charge in [-0.1, -0.05) is 12.1 Å². The van der Waals surface area contributed by atoms with Gasteiger partial charge < -0.3 is 15.4 Å². The Bertz CT molecular complexity index is 570. The summed E-state index contributed by atoms with van der Waals surface area (Å²) in [5.74, 6) is 0.568. The first kappa shape index (κ1) is 15.0. The van der Waals surface area contributed by atoms with E-state index in [0.29, 0.717) is 18.8 Å². The molecule has 1 heterocycles. The number of likely N-dealkylation sites (N-methyl/N-ethyl adjacent to an activating group) is 1. The van der Waals surface area contributed by atoms with Gasteiger partial charge in [0.25, 0.3) is 5.91 Å². The topological polar surface area (TPSA) is 68.5 Å². The standard InChI is InChI=1S/C16H19N3O2/c1-2-19(14-7-9-18-10-8-14)16(20)12-21-15-5-3-13(11-17)4-6-15/h3-10H,2,11-12,17H2,1H3. The lowest BCUT2D eigenvalue weighted by molar-refractivity contribution is -0.120. The number of carbonyl (C=O) groups excluding carboxylic acids is 1. The second-order valence-electron chi connectivity index (χ2n) is 4.48. The fourth-order valence-corrected chi connectivity index (χ4v) is 1.97. The third-order valence-electron chi connectivity index (χ3n) is 3.11. The molecule has 0 saturated heterocycles. The van der Waals surface area contributed by atoms with Crippen molar-refractivity contribution in [3.05, 3.63) is 54.4 Å². The zero-order valence-corrected chi connectivity index (χ0v) is 12.0. The molecule has 0 radical (unpaired) electrons. The summed E-state index contributed by atoms with van der Waals surface area (Å²) in [5, 5.41) is 0. The van der Waals surface area contributed by atoms with E-state index in [2.05, 4.69) is 4.98 Å². The number of hydrogen-bond donors (Lipinski definition) is 1. The number of nitrogens with zero attached hydrogens (tertiary/aromatic N) is 2. The van der Waals surface area contributed by atoms with Gasteiger partial charge in [-0.15, -0.1) is 0 Å². The minimum absolute atomic E-state index is 0.00185. The summed E-state index contributed by atoms with van der Waals surface area (Å²) in [5.41, 5.74) is 7.38. The number of amides is 1. The third kappa shape index (κ3) is 4.03. The number of hydrogen-bond acceptors (Lipinski definition) is 4. The van der Waals surface area contributed by atoms with Crippen LogP contribution >= 0.6 is 0 Å². The van der Waals surface area contributed by atoms with Crippen LogP contribution < -0.4 is 15.4 Å². The largest absolute Gasteiger partial charge is 0.484 e. The number of ether oxygens (including phenoxy) is 1. The van der Waals surface area contributed by atoms with E-state index in [0.717, 1.165) is 11.3 Å². The predicted molar refractivity (Wildman–Crippen MR) is 82.1 cm³/mol. The van der Waals surface area contributed by atoms with Gasteiger partial charge in [-0.05, 0) is 36.8 Å². The maximum Gasteiger partial charge on any atom is 0.264 e. The van der Waals surface area contributed by atoms with Crippen LogP contribution in [0, 0.1) is 0 Å². The van der Waals surface area contributed by atoms with Gasteiger partial charge in [0.2, 0.25) is 0 Å². The van der Waals surface area contributed by atoms with Gasteiger partial charge in [0.05, 0.1) is 0 Å². The molecule has 0 aliphatic heterocycles. The van der Waals surface area contributed by atoms with Crippen molar-refractivity contribution in [2.75, 3.05) is 18.1 Å². The Labute approximate surface area is 124 Å². The summed E-state index contributed by atoms with van der Waals surface area (Å²) in [4.78, 5) is 17.8. The van der Waals surface area contributed by atoms with Crippen molar-refractivity contribution < 1.29 is 9.53 Å². The van der Waals surface area contributed by atoms with Gasteiger partial charge in [-0.2, -0.15) is 0 Å². The van der Waals surface area contributed by atoms with Crippen molar-refractivity contribution in [1.82, 2.24) is 4.98 Å². The molecular formula is C16H19N3O2. The Morgan fingerprint density at radius 3 is 2.43 bits per heavy atom. The minimum atomic E-state index is -0.0911. The molecule has 1 aromatic carbocycles. The normalized spacial score (nSPS) is 10.2. The first-order valence-corrected chi connectivity index (χ1v) is 6.86. The molecule has 1 amide bonds. The molecule has 0 spiro atoms. The molecule has 0 saturated carbocycles. The second-order valence-corrected chi connectivity index (χ2v) is 4.48. The summed E-state index contributed by atoms with van der Waals surface area (Å²) in [6.45, 7) is 3.00. The molecule has 5 heteroatoms. The van der Waals surface area contributed by atoms with Crippen molar-refractivity contribution in [1.29, 1.82) is 0 Å². The zero-order chi connectivity index (χ0) is 15.1. The van der Waals surface area contributed by atoms with Crippen LogP contribution in [0.15, 0.2) is 48.8 Å². The molecule has 0 atom stereocenters. The minimum Gasteiger partial charge on any atom is -0.484 e. The molecule has 0 unspecified atom stereocenters. The molecule has 0 aliphatic carbocycles. The molecule has 2 aromatic rings. The number of carbonyl (C=O) groups is 1. The Morgan fingerprint density at radius 2 is 1.86 bits per heavy atom. The summed E-state index contributed by atoms with van der Waals surface area (Å²) in [7, 11) is 0. The van der Waals surface area contributed by atoms with Crippen LogP contribution in [-0.2, 0) is 11.3 Å². The van der Waals surface area contributed by atoms with E-state index in [-0.39, 0.29) is 12.5 Å². The number of aromatic nitrogens is 1. The SMILES string of the molecule is CCN(C(=O)COc1ccc(CN)cc1)c1ccncc1. The summed E-state index contributed by atoms with van der Waals surface area (Å²) >= 11 is 0. The monoisotopic (exact) mass is 285 g/mol. The Hall–Kier alpha value is -2.40. The molecule has 1 aromatic heterocycles. The molecular weight excluding hydrogens is 266 g/mol. The summed E-state index contributed by atoms with van der Waals surface area (Å²) < 4.78 is 5.52. The highest BCUT2D eigenvalue weighted by Gasteiger charge is 2.14. The molecule has 2 N–H and O–H groups in total. The quantitative estimate of drug-likeness (QED) is 0.881. The number of pyridine rings is 1.